The summed E-state index contributed by atoms with van der Waals surface area (Å²) in [6, 6.07) is 14.7. The van der Waals surface area contributed by atoms with Gasteiger partial charge in [-0.25, -0.2) is 4.39 Å². The van der Waals surface area contributed by atoms with Gasteiger partial charge in [0, 0.05) is 36.4 Å². The average Bonchev–Trinajstić information content (AvgIpc) is 3.30. The lowest BCUT2D eigenvalue weighted by molar-refractivity contribution is 0.201. The first kappa shape index (κ1) is 21.4. The van der Waals surface area contributed by atoms with Gasteiger partial charge in [-0.05, 0) is 74.1 Å². The molecule has 4 nitrogen and oxygen atoms in total. The van der Waals surface area contributed by atoms with E-state index in [1.807, 2.05) is 42.6 Å². The Morgan fingerprint density at radius 1 is 1.06 bits per heavy atom. The molecule has 0 atom stereocenters. The van der Waals surface area contributed by atoms with E-state index in [2.05, 4.69) is 9.88 Å². The Kier molecular flexibility index (Phi) is 6.92. The number of methoxy groups -OCH3 is 1. The molecule has 1 saturated carbocycles. The molecule has 3 aromatic rings. The molecule has 0 saturated heterocycles. The van der Waals surface area contributed by atoms with Gasteiger partial charge in [-0.2, -0.15) is 0 Å². The SMILES string of the molecule is COc1ccc(N(CCc2cccnc2)c2ccc(Cl)c(F)c2)cc1OC1CCCC1. The zero-order valence-electron chi connectivity index (χ0n) is 17.6. The molecule has 4 rings (SSSR count). The molecule has 1 heterocycles. The monoisotopic (exact) mass is 440 g/mol. The van der Waals surface area contributed by atoms with E-state index < -0.39 is 5.82 Å². The third kappa shape index (κ3) is 5.28. The third-order valence-corrected chi connectivity index (χ3v) is 5.92. The van der Waals surface area contributed by atoms with Crippen molar-refractivity contribution in [2.24, 2.45) is 0 Å². The van der Waals surface area contributed by atoms with Crippen LogP contribution in [-0.2, 0) is 6.42 Å². The summed E-state index contributed by atoms with van der Waals surface area (Å²) in [4.78, 5) is 6.26. The van der Waals surface area contributed by atoms with Crippen LogP contribution >= 0.6 is 11.6 Å². The maximum atomic E-state index is 14.3. The molecule has 1 fully saturated rings. The summed E-state index contributed by atoms with van der Waals surface area (Å²) >= 11 is 5.93. The Bertz CT molecular complexity index is 1010. The summed E-state index contributed by atoms with van der Waals surface area (Å²) in [6.45, 7) is 0.641. The van der Waals surface area contributed by atoms with Crippen LogP contribution in [0.2, 0.25) is 5.02 Å². The zero-order valence-corrected chi connectivity index (χ0v) is 18.3. The number of anilines is 2. The van der Waals surface area contributed by atoms with Crippen molar-refractivity contribution < 1.29 is 13.9 Å². The van der Waals surface area contributed by atoms with Crippen LogP contribution in [0.25, 0.3) is 0 Å². The van der Waals surface area contributed by atoms with Gasteiger partial charge in [-0.1, -0.05) is 17.7 Å². The van der Waals surface area contributed by atoms with Crippen molar-refractivity contribution in [2.75, 3.05) is 18.6 Å². The highest BCUT2D eigenvalue weighted by Gasteiger charge is 2.20. The van der Waals surface area contributed by atoms with E-state index in [0.717, 1.165) is 36.2 Å². The molecule has 6 heteroatoms. The quantitative estimate of drug-likeness (QED) is 0.396. The van der Waals surface area contributed by atoms with Gasteiger partial charge in [0.25, 0.3) is 0 Å². The van der Waals surface area contributed by atoms with Crippen molar-refractivity contribution in [3.05, 3.63) is 77.3 Å². The van der Waals surface area contributed by atoms with Crippen molar-refractivity contribution in [2.45, 2.75) is 38.2 Å². The fraction of sp³-hybridized carbons (Fsp3) is 0.320. The van der Waals surface area contributed by atoms with E-state index in [1.54, 1.807) is 19.4 Å². The molecule has 0 bridgehead atoms. The van der Waals surface area contributed by atoms with Gasteiger partial charge in [0.2, 0.25) is 0 Å². The number of benzene rings is 2. The number of hydrogen-bond acceptors (Lipinski definition) is 4. The van der Waals surface area contributed by atoms with Crippen LogP contribution in [0.5, 0.6) is 11.5 Å². The Morgan fingerprint density at radius 3 is 2.55 bits per heavy atom. The third-order valence-electron chi connectivity index (χ3n) is 5.62. The molecule has 162 valence electrons. The minimum absolute atomic E-state index is 0.107. The van der Waals surface area contributed by atoms with E-state index in [9.17, 15) is 4.39 Å². The van der Waals surface area contributed by atoms with Gasteiger partial charge in [0.05, 0.1) is 18.2 Å². The molecule has 0 N–H and O–H groups in total. The first-order valence-electron chi connectivity index (χ1n) is 10.6. The van der Waals surface area contributed by atoms with Gasteiger partial charge in [-0.15, -0.1) is 0 Å². The summed E-state index contributed by atoms with van der Waals surface area (Å²) in [5, 5.41) is 0.107. The normalized spacial score (nSPS) is 13.9. The molecule has 1 aromatic heterocycles. The molecule has 31 heavy (non-hydrogen) atoms. The summed E-state index contributed by atoms with van der Waals surface area (Å²) in [7, 11) is 1.64. The van der Waals surface area contributed by atoms with Crippen molar-refractivity contribution >= 4 is 23.0 Å². The Labute approximate surface area is 187 Å². The molecule has 0 amide bonds. The molecule has 0 unspecified atom stereocenters. The van der Waals surface area contributed by atoms with Gasteiger partial charge >= 0.3 is 0 Å². The molecule has 0 aliphatic heterocycles. The van der Waals surface area contributed by atoms with E-state index in [0.29, 0.717) is 18.0 Å². The van der Waals surface area contributed by atoms with Gasteiger partial charge in [0.15, 0.2) is 11.5 Å². The lowest BCUT2D eigenvalue weighted by Gasteiger charge is -2.27. The summed E-state index contributed by atoms with van der Waals surface area (Å²) in [6.07, 6.45) is 9.06. The molecule has 1 aliphatic carbocycles. The van der Waals surface area contributed by atoms with Crippen LogP contribution in [0, 0.1) is 5.82 Å². The van der Waals surface area contributed by atoms with E-state index >= 15 is 0 Å². The predicted molar refractivity (Wildman–Crippen MR) is 122 cm³/mol. The van der Waals surface area contributed by atoms with Crippen LogP contribution in [0.15, 0.2) is 60.9 Å². The van der Waals surface area contributed by atoms with Gasteiger partial charge in [0.1, 0.15) is 5.82 Å². The Balaban J connectivity index is 1.66. The number of rotatable bonds is 8. The smallest absolute Gasteiger partial charge is 0.163 e. The van der Waals surface area contributed by atoms with Crippen LogP contribution in [0.4, 0.5) is 15.8 Å². The van der Waals surface area contributed by atoms with Gasteiger partial charge in [-0.3, -0.25) is 4.98 Å². The average molecular weight is 441 g/mol. The number of ether oxygens (including phenoxy) is 2. The highest BCUT2D eigenvalue weighted by Crippen LogP contribution is 2.37. The summed E-state index contributed by atoms with van der Waals surface area (Å²) < 4.78 is 26.1. The zero-order chi connectivity index (χ0) is 21.6. The van der Waals surface area contributed by atoms with E-state index in [1.165, 1.54) is 18.9 Å². The molecule has 0 radical (unpaired) electrons. The van der Waals surface area contributed by atoms with Crippen molar-refractivity contribution in [3.8, 4) is 11.5 Å². The van der Waals surface area contributed by atoms with Crippen LogP contribution < -0.4 is 14.4 Å². The summed E-state index contributed by atoms with van der Waals surface area (Å²) in [5.41, 5.74) is 2.74. The van der Waals surface area contributed by atoms with Crippen molar-refractivity contribution in [1.82, 2.24) is 4.98 Å². The Morgan fingerprint density at radius 2 is 1.84 bits per heavy atom. The first-order valence-corrected chi connectivity index (χ1v) is 11.0. The first-order chi connectivity index (χ1) is 15.1. The highest BCUT2D eigenvalue weighted by molar-refractivity contribution is 6.30. The minimum atomic E-state index is -0.443. The number of aromatic nitrogens is 1. The minimum Gasteiger partial charge on any atom is -0.493 e. The molecule has 2 aromatic carbocycles. The maximum Gasteiger partial charge on any atom is 0.163 e. The second kappa shape index (κ2) is 10.0. The predicted octanol–water partition coefficient (Wildman–Crippen LogP) is 6.58. The lowest BCUT2D eigenvalue weighted by Crippen LogP contribution is -2.21. The highest BCUT2D eigenvalue weighted by atomic mass is 35.5. The number of pyridine rings is 1. The topological polar surface area (TPSA) is 34.6 Å². The van der Waals surface area contributed by atoms with Gasteiger partial charge < -0.3 is 14.4 Å². The van der Waals surface area contributed by atoms with E-state index in [4.69, 9.17) is 21.1 Å². The molecular formula is C25H26ClFN2O2. The molecule has 0 spiro atoms. The molecule has 1 aliphatic rings. The fourth-order valence-electron chi connectivity index (χ4n) is 3.96. The molecular weight excluding hydrogens is 415 g/mol. The van der Waals surface area contributed by atoms with Crippen LogP contribution in [0.3, 0.4) is 0 Å². The number of hydrogen-bond donors (Lipinski definition) is 0. The van der Waals surface area contributed by atoms with E-state index in [-0.39, 0.29) is 11.1 Å². The fourth-order valence-corrected chi connectivity index (χ4v) is 4.08. The second-order valence-electron chi connectivity index (χ2n) is 7.72. The second-order valence-corrected chi connectivity index (χ2v) is 8.13. The summed E-state index contributed by atoms with van der Waals surface area (Å²) in [5.74, 6) is 0.972. The van der Waals surface area contributed by atoms with Crippen molar-refractivity contribution in [1.29, 1.82) is 0 Å². The number of nitrogens with zero attached hydrogens (tertiary/aromatic N) is 2. The van der Waals surface area contributed by atoms with Crippen LogP contribution in [-0.4, -0.2) is 24.7 Å². The van der Waals surface area contributed by atoms with Crippen LogP contribution in [0.1, 0.15) is 31.2 Å². The largest absolute Gasteiger partial charge is 0.493 e. The Hall–Kier alpha value is -2.79. The van der Waals surface area contributed by atoms with Crippen molar-refractivity contribution in [3.63, 3.8) is 0 Å². The lowest BCUT2D eigenvalue weighted by atomic mass is 10.1. The number of halogens is 2. The maximum absolute atomic E-state index is 14.3. The standard InChI is InChI=1S/C25H26ClFN2O2/c1-30-24-11-9-20(16-25(24)31-21-6-2-3-7-21)29(14-12-18-5-4-13-28-17-18)19-8-10-22(26)23(27)15-19/h4-5,8-11,13,15-17,21H,2-3,6-7,12,14H2,1H3.